The second kappa shape index (κ2) is 30.7. The number of esters is 1. The number of hydrogen-bond donors (Lipinski definition) is 7. The molecule has 0 radical (unpaired) electrons. The highest BCUT2D eigenvalue weighted by Crippen LogP contribution is 2.34. The molecule has 9 aromatic rings. The van der Waals surface area contributed by atoms with E-state index in [2.05, 4.69) is 56.5 Å². The molecule has 2 aliphatic carbocycles. The Morgan fingerprint density at radius 2 is 0.884 bits per heavy atom. The second-order valence-electron chi connectivity index (χ2n) is 21.6. The van der Waals surface area contributed by atoms with Crippen molar-refractivity contribution in [3.8, 4) is 11.4 Å². The number of fused-ring (bicyclic) bond motifs is 2. The molecule has 0 unspecified atom stereocenters. The first-order valence-corrected chi connectivity index (χ1v) is 30.6. The lowest BCUT2D eigenvalue weighted by atomic mass is 10.0. The van der Waals surface area contributed by atoms with Crippen LogP contribution >= 0.6 is 34.5 Å². The fourth-order valence-electron chi connectivity index (χ4n) is 10.1. The number of hydrogen-bond acceptors (Lipinski definition) is 16. The molecule has 7 N–H and O–H groups in total. The number of methoxy groups -OCH3 is 1. The van der Waals surface area contributed by atoms with Crippen molar-refractivity contribution in [1.29, 1.82) is 0 Å². The molecule has 4 aromatic heterocycles. The van der Waals surface area contributed by atoms with E-state index >= 15 is 0 Å². The van der Waals surface area contributed by atoms with E-state index in [0.29, 0.717) is 64.6 Å². The maximum Gasteiger partial charge on any atom is 0.354 e. The van der Waals surface area contributed by atoms with Crippen LogP contribution in [-0.2, 0) is 37.2 Å². The van der Waals surface area contributed by atoms with Gasteiger partial charge in [-0.3, -0.25) is 24.0 Å². The van der Waals surface area contributed by atoms with E-state index in [9.17, 15) is 56.6 Å². The third-order valence-electron chi connectivity index (χ3n) is 15.0. The number of thiophene rings is 1. The minimum absolute atomic E-state index is 0.0307. The van der Waals surface area contributed by atoms with Crippen molar-refractivity contribution in [2.75, 3.05) is 7.11 Å². The molecule has 95 heavy (non-hydrogen) atoms. The van der Waals surface area contributed by atoms with Crippen LogP contribution in [0.4, 0.5) is 13.2 Å². The summed E-state index contributed by atoms with van der Waals surface area (Å²) in [6.07, 6.45) is 2.60. The summed E-state index contributed by atoms with van der Waals surface area (Å²) in [5, 5.41) is 35.1. The highest BCUT2D eigenvalue weighted by atomic mass is 35.5. The van der Waals surface area contributed by atoms with Crippen molar-refractivity contribution in [3.63, 3.8) is 0 Å². The Morgan fingerprint density at radius 1 is 0.495 bits per heavy atom. The van der Waals surface area contributed by atoms with Crippen molar-refractivity contribution < 1.29 is 66.5 Å². The Balaban J connectivity index is 0.000000174. The number of carbonyl (C=O) groups is 8. The van der Waals surface area contributed by atoms with Gasteiger partial charge >= 0.3 is 17.9 Å². The van der Waals surface area contributed by atoms with Gasteiger partial charge in [0, 0.05) is 48.8 Å². The highest BCUT2D eigenvalue weighted by Gasteiger charge is 2.29. The summed E-state index contributed by atoms with van der Waals surface area (Å²) >= 11 is 13.0. The fourth-order valence-corrected chi connectivity index (χ4v) is 11.1. The van der Waals surface area contributed by atoms with Crippen LogP contribution < -0.4 is 26.6 Å². The zero-order chi connectivity index (χ0) is 68.2. The quantitative estimate of drug-likeness (QED) is 0.0329. The minimum Gasteiger partial charge on any atom is -0.478 e. The molecular formula is C67H56Cl2F3N11O11S. The van der Waals surface area contributed by atoms with Gasteiger partial charge in [0.25, 0.3) is 29.5 Å². The molecule has 2 atom stereocenters. The number of carboxylic acids is 2. The number of carboxylic acid groups (broad SMARTS) is 2. The van der Waals surface area contributed by atoms with E-state index < -0.39 is 47.4 Å². The maximum absolute atomic E-state index is 13.6. The number of halogens is 5. The SMILES string of the molecule is COC(=O)c1ccc2c(c1)CC[C@@H]2NC(=O)c1cc(C(=O)NCc2ccc(F)c(C)c2)nc(Cl)n1.Cc1cc(CNC(=O)c2cc(C(=O)N[C@H]3CCc4cc(C(=O)O)ccc43)nc(-c3ccsc3)n2)ccc1F.Cc1cc(CNC(=O)c2cc(C(=O)O)nc(Cl)n2)ccc1F. The molecule has 11 rings (SSSR count). The van der Waals surface area contributed by atoms with Crippen molar-refractivity contribution in [3.05, 3.63) is 255 Å². The minimum atomic E-state index is -1.31. The van der Waals surface area contributed by atoms with Crippen LogP contribution in [0.5, 0.6) is 0 Å². The number of amides is 5. The van der Waals surface area contributed by atoms with E-state index in [1.165, 1.54) is 60.9 Å². The maximum atomic E-state index is 13.6. The number of benzene rings is 5. The molecular weight excluding hydrogens is 1290 g/mol. The van der Waals surface area contributed by atoms with Crippen molar-refractivity contribution >= 4 is 82.0 Å². The summed E-state index contributed by atoms with van der Waals surface area (Å²) in [7, 11) is 1.32. The van der Waals surface area contributed by atoms with E-state index in [1.807, 2.05) is 10.8 Å². The van der Waals surface area contributed by atoms with E-state index in [4.69, 9.17) is 33.0 Å². The monoisotopic (exact) mass is 1350 g/mol. The van der Waals surface area contributed by atoms with Gasteiger partial charge in [-0.1, -0.05) is 48.5 Å². The standard InChI is InChI=1S/C28H23FN4O4S.C25H22ClFN4O4.C14H11ClFN3O3/c1-15-10-16(2-6-21(15)29)13-30-26(34)23-12-24(32-25(31-23)19-8-9-38-14-19)27(35)33-22-7-4-17-11-18(28(36)37)3-5-20(17)22;1-13-9-14(3-7-18(13)27)12-28-22(32)20-11-21(31-25(26)30-20)23(33)29-19-8-5-15-10-16(24(34)35-2)4-6-17(15)19;1-7-4-8(2-3-9(7)16)6-17-12(20)10-5-11(13(21)22)19-14(15)18-10/h2-3,5-6,8-12,14,22H,4,7,13H2,1H3,(H,30,34)(H,33,35)(H,36,37);3-4,6-7,9-11,19H,5,8,12H2,1-2H3,(H,28,32)(H,29,33);2-5H,6H2,1H3,(H,17,20)(H,21,22)/t22-;19-;/m00./s1. The summed E-state index contributed by atoms with van der Waals surface area (Å²) in [5.41, 5.74) is 7.92. The molecule has 0 saturated carbocycles. The first kappa shape index (κ1) is 68.5. The highest BCUT2D eigenvalue weighted by molar-refractivity contribution is 7.08. The largest absolute Gasteiger partial charge is 0.478 e. The van der Waals surface area contributed by atoms with E-state index in [1.54, 1.807) is 87.5 Å². The molecule has 5 aromatic carbocycles. The van der Waals surface area contributed by atoms with Crippen LogP contribution in [0.15, 0.2) is 126 Å². The number of aromatic nitrogens is 6. The number of ether oxygens (including phenoxy) is 1. The third-order valence-corrected chi connectivity index (χ3v) is 16.1. The topological polar surface area (TPSA) is 324 Å². The first-order chi connectivity index (χ1) is 45.4. The van der Waals surface area contributed by atoms with E-state index in [-0.39, 0.29) is 105 Å². The molecule has 0 bridgehead atoms. The molecule has 4 heterocycles. The van der Waals surface area contributed by atoms with Crippen LogP contribution in [0, 0.1) is 38.2 Å². The molecule has 22 nitrogen and oxygen atoms in total. The predicted octanol–water partition coefficient (Wildman–Crippen LogP) is 10.6. The third kappa shape index (κ3) is 17.7. The average molecular weight is 1350 g/mol. The number of aromatic carboxylic acids is 2. The first-order valence-electron chi connectivity index (χ1n) is 28.9. The fraction of sp³-hybridized carbons (Fsp3) is 0.194. The Morgan fingerprint density at radius 3 is 1.28 bits per heavy atom. The lowest BCUT2D eigenvalue weighted by Crippen LogP contribution is -2.29. The number of nitrogens with zero attached hydrogens (tertiary/aromatic N) is 6. The molecule has 28 heteroatoms. The Bertz CT molecular complexity index is 4510. The van der Waals surface area contributed by atoms with Gasteiger partial charge in [0.2, 0.25) is 10.6 Å². The van der Waals surface area contributed by atoms with E-state index in [0.717, 1.165) is 33.9 Å². The summed E-state index contributed by atoms with van der Waals surface area (Å²) in [5.74, 6) is -6.08. The summed E-state index contributed by atoms with van der Waals surface area (Å²) in [4.78, 5) is 122. The lowest BCUT2D eigenvalue weighted by Gasteiger charge is -2.15. The second-order valence-corrected chi connectivity index (χ2v) is 23.1. The average Bonchev–Trinajstić information content (AvgIpc) is 1.73. The summed E-state index contributed by atoms with van der Waals surface area (Å²) in [6, 6.07) is 28.5. The Hall–Kier alpha value is -10.8. The molecule has 0 aliphatic heterocycles. The van der Waals surface area contributed by atoms with Gasteiger partial charge in [-0.2, -0.15) is 11.3 Å². The van der Waals surface area contributed by atoms with Gasteiger partial charge in [-0.05, 0) is 179 Å². The number of nitrogens with one attached hydrogen (secondary N) is 5. The lowest BCUT2D eigenvalue weighted by molar-refractivity contribution is 0.0598. The zero-order valence-electron chi connectivity index (χ0n) is 50.8. The Labute approximate surface area is 553 Å². The van der Waals surface area contributed by atoms with Crippen LogP contribution in [-0.4, -0.2) is 94.7 Å². The normalized spacial score (nSPS) is 13.3. The van der Waals surface area contributed by atoms with Crippen molar-refractivity contribution in [2.24, 2.45) is 0 Å². The van der Waals surface area contributed by atoms with Gasteiger partial charge in [0.05, 0.1) is 30.3 Å². The van der Waals surface area contributed by atoms with Crippen LogP contribution in [0.25, 0.3) is 11.4 Å². The number of carbonyl (C=O) groups excluding carboxylic acids is 6. The van der Waals surface area contributed by atoms with Crippen LogP contribution in [0.2, 0.25) is 10.6 Å². The molecule has 0 fully saturated rings. The molecule has 0 spiro atoms. The zero-order valence-corrected chi connectivity index (χ0v) is 53.1. The Kier molecular flexibility index (Phi) is 22.2. The molecule has 486 valence electrons. The smallest absolute Gasteiger partial charge is 0.354 e. The van der Waals surface area contributed by atoms with Gasteiger partial charge in [-0.25, -0.2) is 57.5 Å². The van der Waals surface area contributed by atoms with Gasteiger partial charge in [0.1, 0.15) is 45.9 Å². The van der Waals surface area contributed by atoms with Crippen molar-refractivity contribution in [2.45, 2.75) is 78.2 Å². The van der Waals surface area contributed by atoms with Gasteiger partial charge < -0.3 is 41.5 Å². The summed E-state index contributed by atoms with van der Waals surface area (Å²) < 4.78 is 44.9. The van der Waals surface area contributed by atoms with Crippen LogP contribution in [0.1, 0.15) is 164 Å². The summed E-state index contributed by atoms with van der Waals surface area (Å²) in [6.45, 7) is 5.35. The molecule has 2 aliphatic rings. The molecule has 5 amide bonds. The number of aryl methyl sites for hydroxylation is 5. The molecule has 0 saturated heterocycles. The predicted molar refractivity (Wildman–Crippen MR) is 342 cm³/mol. The van der Waals surface area contributed by atoms with Gasteiger partial charge in [-0.15, -0.1) is 0 Å². The number of rotatable bonds is 17. The van der Waals surface area contributed by atoms with Gasteiger partial charge in [0.15, 0.2) is 11.5 Å². The van der Waals surface area contributed by atoms with Crippen molar-refractivity contribution in [1.82, 2.24) is 56.5 Å². The van der Waals surface area contributed by atoms with Crippen LogP contribution in [0.3, 0.4) is 0 Å².